The number of hydrogen-bond donors (Lipinski definition) is 1. The molecule has 1 atom stereocenters. The summed E-state index contributed by atoms with van der Waals surface area (Å²) in [4.78, 5) is 0.753. The van der Waals surface area contributed by atoms with Crippen molar-refractivity contribution in [3.8, 4) is 11.5 Å². The van der Waals surface area contributed by atoms with E-state index in [4.69, 9.17) is 9.47 Å². The van der Waals surface area contributed by atoms with Gasteiger partial charge in [0, 0.05) is 6.04 Å². The SMILES string of the molecule is COc1ccsc1C(O)c1c(OC)cnn1C(C)C. The molecule has 0 saturated carbocycles. The van der Waals surface area contributed by atoms with Gasteiger partial charge in [-0.1, -0.05) is 0 Å². The average molecular weight is 282 g/mol. The Hall–Kier alpha value is -1.53. The van der Waals surface area contributed by atoms with Crippen molar-refractivity contribution < 1.29 is 14.6 Å². The molecule has 1 unspecified atom stereocenters. The number of aliphatic hydroxyl groups is 1. The maximum absolute atomic E-state index is 10.6. The predicted molar refractivity (Wildman–Crippen MR) is 74.1 cm³/mol. The van der Waals surface area contributed by atoms with Gasteiger partial charge in [0.25, 0.3) is 0 Å². The van der Waals surface area contributed by atoms with E-state index in [-0.39, 0.29) is 6.04 Å². The smallest absolute Gasteiger partial charge is 0.163 e. The Morgan fingerprint density at radius 2 is 1.95 bits per heavy atom. The lowest BCUT2D eigenvalue weighted by Crippen LogP contribution is -2.12. The molecule has 0 spiro atoms. The Morgan fingerprint density at radius 3 is 2.53 bits per heavy atom. The van der Waals surface area contributed by atoms with Crippen LogP contribution in [0.4, 0.5) is 0 Å². The standard InChI is InChI=1S/C13H18N2O3S/c1-8(2)15-11(10(18-4)7-14-15)12(16)13-9(17-3)5-6-19-13/h5-8,12,16H,1-4H3. The Kier molecular flexibility index (Phi) is 4.11. The van der Waals surface area contributed by atoms with Crippen LogP contribution in [0.2, 0.25) is 0 Å². The lowest BCUT2D eigenvalue weighted by atomic mass is 10.2. The van der Waals surface area contributed by atoms with Crippen LogP contribution in [-0.4, -0.2) is 29.1 Å². The van der Waals surface area contributed by atoms with E-state index in [2.05, 4.69) is 5.10 Å². The number of rotatable bonds is 5. The fraction of sp³-hybridized carbons (Fsp3) is 0.462. The van der Waals surface area contributed by atoms with Gasteiger partial charge in [-0.2, -0.15) is 5.10 Å². The molecule has 0 bridgehead atoms. The van der Waals surface area contributed by atoms with Gasteiger partial charge in [-0.25, -0.2) is 0 Å². The minimum Gasteiger partial charge on any atom is -0.495 e. The summed E-state index contributed by atoms with van der Waals surface area (Å²) in [6.07, 6.45) is 0.813. The molecule has 19 heavy (non-hydrogen) atoms. The van der Waals surface area contributed by atoms with E-state index in [1.807, 2.05) is 25.3 Å². The maximum Gasteiger partial charge on any atom is 0.163 e. The van der Waals surface area contributed by atoms with Crippen LogP contribution in [0.15, 0.2) is 17.6 Å². The monoisotopic (exact) mass is 282 g/mol. The van der Waals surface area contributed by atoms with Gasteiger partial charge in [-0.3, -0.25) is 4.68 Å². The second-order valence-electron chi connectivity index (χ2n) is 4.39. The molecule has 0 fully saturated rings. The lowest BCUT2D eigenvalue weighted by Gasteiger charge is -2.17. The van der Waals surface area contributed by atoms with E-state index in [0.29, 0.717) is 17.2 Å². The van der Waals surface area contributed by atoms with E-state index >= 15 is 0 Å². The van der Waals surface area contributed by atoms with Gasteiger partial charge >= 0.3 is 0 Å². The number of aromatic nitrogens is 2. The summed E-state index contributed by atoms with van der Waals surface area (Å²) >= 11 is 1.45. The molecule has 6 heteroatoms. The summed E-state index contributed by atoms with van der Waals surface area (Å²) in [6.45, 7) is 4.02. The first kappa shape index (κ1) is 13.9. The molecule has 2 aromatic rings. The van der Waals surface area contributed by atoms with Gasteiger partial charge in [0.1, 0.15) is 17.5 Å². The van der Waals surface area contributed by atoms with E-state index in [1.54, 1.807) is 25.1 Å². The van der Waals surface area contributed by atoms with Gasteiger partial charge in [0.15, 0.2) is 5.75 Å². The second-order valence-corrected chi connectivity index (χ2v) is 5.34. The number of ether oxygens (including phenoxy) is 2. The molecule has 0 aliphatic rings. The van der Waals surface area contributed by atoms with Gasteiger partial charge in [0.05, 0.1) is 25.3 Å². The quantitative estimate of drug-likeness (QED) is 0.916. The van der Waals surface area contributed by atoms with Crippen LogP contribution >= 0.6 is 11.3 Å². The third-order valence-corrected chi connectivity index (χ3v) is 3.84. The Balaban J connectivity index is 2.48. The van der Waals surface area contributed by atoms with Crippen molar-refractivity contribution in [2.75, 3.05) is 14.2 Å². The van der Waals surface area contributed by atoms with Gasteiger partial charge in [0.2, 0.25) is 0 Å². The normalized spacial score (nSPS) is 12.7. The molecule has 0 radical (unpaired) electrons. The fourth-order valence-electron chi connectivity index (χ4n) is 1.99. The van der Waals surface area contributed by atoms with Crippen molar-refractivity contribution in [1.29, 1.82) is 0 Å². The Labute approximate surface area is 116 Å². The highest BCUT2D eigenvalue weighted by Crippen LogP contribution is 2.38. The van der Waals surface area contributed by atoms with Crippen LogP contribution in [-0.2, 0) is 0 Å². The fourth-order valence-corrected chi connectivity index (χ4v) is 2.83. The first-order valence-corrected chi connectivity index (χ1v) is 6.89. The minimum absolute atomic E-state index is 0.138. The number of nitrogens with zero attached hydrogens (tertiary/aromatic N) is 2. The third-order valence-electron chi connectivity index (χ3n) is 2.89. The van der Waals surface area contributed by atoms with Gasteiger partial charge in [-0.15, -0.1) is 11.3 Å². The summed E-state index contributed by atoms with van der Waals surface area (Å²) in [6, 6.07) is 1.98. The van der Waals surface area contributed by atoms with E-state index < -0.39 is 6.10 Å². The van der Waals surface area contributed by atoms with E-state index in [0.717, 1.165) is 4.88 Å². The topological polar surface area (TPSA) is 56.5 Å². The molecule has 0 aromatic carbocycles. The van der Waals surface area contributed by atoms with Crippen LogP contribution in [0.5, 0.6) is 11.5 Å². The maximum atomic E-state index is 10.6. The van der Waals surface area contributed by atoms with Gasteiger partial charge < -0.3 is 14.6 Å². The highest BCUT2D eigenvalue weighted by molar-refractivity contribution is 7.10. The summed E-state index contributed by atoms with van der Waals surface area (Å²) in [5.41, 5.74) is 0.651. The number of methoxy groups -OCH3 is 2. The van der Waals surface area contributed by atoms with Crippen molar-refractivity contribution in [3.05, 3.63) is 28.2 Å². The Bertz CT molecular complexity index is 548. The molecule has 1 N–H and O–H groups in total. The molecule has 0 aliphatic heterocycles. The van der Waals surface area contributed by atoms with Crippen molar-refractivity contribution >= 4 is 11.3 Å². The molecule has 2 aromatic heterocycles. The molecular weight excluding hydrogens is 264 g/mol. The van der Waals surface area contributed by atoms with Gasteiger partial charge in [-0.05, 0) is 25.3 Å². The summed E-state index contributed by atoms with van der Waals surface area (Å²) < 4.78 is 12.3. The van der Waals surface area contributed by atoms with Crippen LogP contribution < -0.4 is 9.47 Å². The van der Waals surface area contributed by atoms with Crippen molar-refractivity contribution in [3.63, 3.8) is 0 Å². The molecule has 0 saturated heterocycles. The van der Waals surface area contributed by atoms with Crippen LogP contribution in [0.1, 0.15) is 36.6 Å². The first-order chi connectivity index (χ1) is 9.10. The molecule has 2 heterocycles. The van der Waals surface area contributed by atoms with Crippen molar-refractivity contribution in [2.24, 2.45) is 0 Å². The van der Waals surface area contributed by atoms with Crippen molar-refractivity contribution in [2.45, 2.75) is 26.0 Å². The van der Waals surface area contributed by atoms with Crippen LogP contribution in [0, 0.1) is 0 Å². The molecule has 104 valence electrons. The highest BCUT2D eigenvalue weighted by atomic mass is 32.1. The van der Waals surface area contributed by atoms with E-state index in [1.165, 1.54) is 11.3 Å². The summed E-state index contributed by atoms with van der Waals surface area (Å²) in [7, 11) is 3.17. The van der Waals surface area contributed by atoms with E-state index in [9.17, 15) is 5.11 Å². The number of hydrogen-bond acceptors (Lipinski definition) is 5. The van der Waals surface area contributed by atoms with Crippen LogP contribution in [0.3, 0.4) is 0 Å². The third kappa shape index (κ3) is 2.46. The molecule has 5 nitrogen and oxygen atoms in total. The Morgan fingerprint density at radius 1 is 1.26 bits per heavy atom. The van der Waals surface area contributed by atoms with Crippen LogP contribution in [0.25, 0.3) is 0 Å². The van der Waals surface area contributed by atoms with Crippen molar-refractivity contribution in [1.82, 2.24) is 9.78 Å². The predicted octanol–water partition coefficient (Wildman–Crippen LogP) is 2.62. The largest absolute Gasteiger partial charge is 0.495 e. The number of thiophene rings is 1. The molecule has 2 rings (SSSR count). The average Bonchev–Trinajstić information content (AvgIpc) is 3.03. The lowest BCUT2D eigenvalue weighted by molar-refractivity contribution is 0.199. The summed E-state index contributed by atoms with van der Waals surface area (Å²) in [5.74, 6) is 1.26. The summed E-state index contributed by atoms with van der Waals surface area (Å²) in [5, 5.41) is 16.8. The molecule has 0 amide bonds. The molecular formula is C13H18N2O3S. The molecule has 0 aliphatic carbocycles. The zero-order valence-electron chi connectivity index (χ0n) is 11.5. The highest BCUT2D eigenvalue weighted by Gasteiger charge is 2.26. The minimum atomic E-state index is -0.810. The first-order valence-electron chi connectivity index (χ1n) is 6.01. The zero-order chi connectivity index (χ0) is 14.0. The zero-order valence-corrected chi connectivity index (χ0v) is 12.3. The second kappa shape index (κ2) is 5.63. The number of aliphatic hydroxyl groups excluding tert-OH is 1.